The van der Waals surface area contributed by atoms with E-state index in [4.69, 9.17) is 0 Å². The Hall–Kier alpha value is -2.95. The van der Waals surface area contributed by atoms with Crippen molar-refractivity contribution in [1.29, 1.82) is 0 Å². The summed E-state index contributed by atoms with van der Waals surface area (Å²) < 4.78 is 0. The summed E-state index contributed by atoms with van der Waals surface area (Å²) in [6.45, 7) is 2.82. The Morgan fingerprint density at radius 2 is 1.96 bits per heavy atom. The molecule has 5 nitrogen and oxygen atoms in total. The van der Waals surface area contributed by atoms with Crippen LogP contribution in [0, 0.1) is 0 Å². The van der Waals surface area contributed by atoms with Gasteiger partial charge in [-0.15, -0.1) is 0 Å². The zero-order valence-corrected chi connectivity index (χ0v) is 15.5. The van der Waals surface area contributed by atoms with Gasteiger partial charge in [-0.2, -0.15) is 0 Å². The van der Waals surface area contributed by atoms with Crippen molar-refractivity contribution < 1.29 is 4.79 Å². The van der Waals surface area contributed by atoms with E-state index in [0.717, 1.165) is 18.4 Å². The van der Waals surface area contributed by atoms with Gasteiger partial charge in [0.1, 0.15) is 5.82 Å². The van der Waals surface area contributed by atoms with Crippen LogP contribution >= 0.6 is 0 Å². The van der Waals surface area contributed by atoms with Crippen LogP contribution in [0.15, 0.2) is 47.3 Å². The Morgan fingerprint density at radius 1 is 1.15 bits per heavy atom. The van der Waals surface area contributed by atoms with E-state index in [9.17, 15) is 9.59 Å². The molecule has 0 unspecified atom stereocenters. The number of benzene rings is 2. The molecule has 1 N–H and O–H groups in total. The lowest BCUT2D eigenvalue weighted by atomic mass is 10.0. The molecule has 0 spiro atoms. The monoisotopic (exact) mass is 361 g/mol. The lowest BCUT2D eigenvalue weighted by Crippen LogP contribution is -2.33. The Bertz CT molecular complexity index is 1050. The van der Waals surface area contributed by atoms with Gasteiger partial charge in [0, 0.05) is 6.54 Å². The number of hydrogen-bond acceptors (Lipinski definition) is 3. The van der Waals surface area contributed by atoms with Gasteiger partial charge in [-0.25, -0.2) is 4.98 Å². The fourth-order valence-corrected chi connectivity index (χ4v) is 3.79. The van der Waals surface area contributed by atoms with Crippen molar-refractivity contribution in [2.75, 3.05) is 6.54 Å². The topological polar surface area (TPSA) is 66.1 Å². The number of rotatable bonds is 5. The number of fused-ring (bicyclic) bond motifs is 2. The van der Waals surface area contributed by atoms with Crippen LogP contribution in [-0.2, 0) is 30.6 Å². The number of nitrogens with one attached hydrogen (secondary N) is 1. The summed E-state index contributed by atoms with van der Waals surface area (Å²) in [4.78, 5) is 34.1. The second-order valence-corrected chi connectivity index (χ2v) is 7.07. The number of para-hydroxylation sites is 1. The summed E-state index contributed by atoms with van der Waals surface area (Å²) in [7, 11) is 0. The fraction of sp³-hybridized carbons (Fsp3) is 0.318. The number of amides is 1. The van der Waals surface area contributed by atoms with Crippen molar-refractivity contribution in [1.82, 2.24) is 14.9 Å². The van der Waals surface area contributed by atoms with Crippen LogP contribution in [0.2, 0.25) is 0 Å². The number of nitrogens with zero attached hydrogens (tertiary/aromatic N) is 2. The van der Waals surface area contributed by atoms with E-state index in [2.05, 4.69) is 28.2 Å². The molecule has 0 aliphatic heterocycles. The molecule has 0 saturated heterocycles. The molecule has 27 heavy (non-hydrogen) atoms. The van der Waals surface area contributed by atoms with Crippen LogP contribution in [0.5, 0.6) is 0 Å². The third-order valence-corrected chi connectivity index (χ3v) is 5.26. The number of H-pyrrole nitrogens is 1. The molecular weight excluding hydrogens is 338 g/mol. The van der Waals surface area contributed by atoms with Gasteiger partial charge in [0.2, 0.25) is 5.91 Å². The number of hydrogen-bond donors (Lipinski definition) is 1. The SMILES string of the molecule is CCN(Cc1nc2ccccc2c(=O)[nH]1)C(=O)Cc1ccc2c(c1)CCC2. The van der Waals surface area contributed by atoms with Gasteiger partial charge in [0.05, 0.1) is 23.9 Å². The minimum Gasteiger partial charge on any atom is -0.335 e. The molecule has 0 fully saturated rings. The lowest BCUT2D eigenvalue weighted by molar-refractivity contribution is -0.131. The first-order valence-corrected chi connectivity index (χ1v) is 9.50. The van der Waals surface area contributed by atoms with Gasteiger partial charge in [0.25, 0.3) is 5.56 Å². The zero-order chi connectivity index (χ0) is 18.8. The van der Waals surface area contributed by atoms with E-state index in [-0.39, 0.29) is 11.5 Å². The van der Waals surface area contributed by atoms with E-state index in [1.165, 1.54) is 17.5 Å². The van der Waals surface area contributed by atoms with Crippen molar-refractivity contribution in [2.45, 2.75) is 39.2 Å². The highest BCUT2D eigenvalue weighted by atomic mass is 16.2. The first-order chi connectivity index (χ1) is 13.1. The molecule has 0 atom stereocenters. The Labute approximate surface area is 158 Å². The maximum absolute atomic E-state index is 12.8. The van der Waals surface area contributed by atoms with Gasteiger partial charge < -0.3 is 9.88 Å². The minimum absolute atomic E-state index is 0.0475. The summed E-state index contributed by atoms with van der Waals surface area (Å²) in [5.41, 5.74) is 4.33. The molecule has 1 aliphatic carbocycles. The van der Waals surface area contributed by atoms with Crippen LogP contribution in [0.25, 0.3) is 10.9 Å². The third-order valence-electron chi connectivity index (χ3n) is 5.26. The third kappa shape index (κ3) is 3.63. The van der Waals surface area contributed by atoms with E-state index in [0.29, 0.717) is 36.2 Å². The van der Waals surface area contributed by atoms with Crippen LogP contribution in [0.1, 0.15) is 35.9 Å². The summed E-state index contributed by atoms with van der Waals surface area (Å²) in [5, 5.41) is 0.564. The molecule has 5 heteroatoms. The first-order valence-electron chi connectivity index (χ1n) is 9.50. The Morgan fingerprint density at radius 3 is 2.81 bits per heavy atom. The van der Waals surface area contributed by atoms with Crippen molar-refractivity contribution in [3.8, 4) is 0 Å². The van der Waals surface area contributed by atoms with Crippen molar-refractivity contribution >= 4 is 16.8 Å². The van der Waals surface area contributed by atoms with Crippen LogP contribution in [0.4, 0.5) is 0 Å². The second-order valence-electron chi connectivity index (χ2n) is 7.07. The van der Waals surface area contributed by atoms with Gasteiger partial charge in [-0.3, -0.25) is 9.59 Å². The quantitative estimate of drug-likeness (QED) is 0.760. The van der Waals surface area contributed by atoms with Crippen LogP contribution in [-0.4, -0.2) is 27.3 Å². The molecule has 0 saturated carbocycles. The molecule has 138 valence electrons. The van der Waals surface area contributed by atoms with Crippen LogP contribution < -0.4 is 5.56 Å². The normalized spacial score (nSPS) is 12.9. The predicted molar refractivity (Wildman–Crippen MR) is 106 cm³/mol. The molecule has 1 heterocycles. The van der Waals surface area contributed by atoms with Gasteiger partial charge in [0.15, 0.2) is 0 Å². The summed E-state index contributed by atoms with van der Waals surface area (Å²) in [6, 6.07) is 13.6. The molecule has 4 rings (SSSR count). The number of carbonyl (C=O) groups is 1. The van der Waals surface area contributed by atoms with Crippen molar-refractivity contribution in [3.05, 3.63) is 75.3 Å². The predicted octanol–water partition coefficient (Wildman–Crippen LogP) is 3.00. The number of aromatic amines is 1. The minimum atomic E-state index is -0.169. The van der Waals surface area contributed by atoms with E-state index >= 15 is 0 Å². The Balaban J connectivity index is 1.52. The molecule has 3 aromatic rings. The number of likely N-dealkylation sites (N-methyl/N-ethyl adjacent to an activating group) is 1. The smallest absolute Gasteiger partial charge is 0.258 e. The first kappa shape index (κ1) is 17.5. The highest BCUT2D eigenvalue weighted by Gasteiger charge is 2.17. The summed E-state index contributed by atoms with van der Waals surface area (Å²) in [6.07, 6.45) is 3.83. The van der Waals surface area contributed by atoms with Crippen LogP contribution in [0.3, 0.4) is 0 Å². The highest BCUT2D eigenvalue weighted by molar-refractivity contribution is 5.79. The molecule has 0 bridgehead atoms. The van der Waals surface area contributed by atoms with Crippen molar-refractivity contribution in [2.24, 2.45) is 0 Å². The van der Waals surface area contributed by atoms with Crippen molar-refractivity contribution in [3.63, 3.8) is 0 Å². The number of aromatic nitrogens is 2. The standard InChI is InChI=1S/C22H23N3O2/c1-2-25(14-20-23-19-9-4-3-8-18(19)22(27)24-20)21(26)13-15-10-11-16-6-5-7-17(16)12-15/h3-4,8-12H,2,5-7,13-14H2,1H3,(H,23,24,27). The molecule has 0 radical (unpaired) electrons. The lowest BCUT2D eigenvalue weighted by Gasteiger charge is -2.20. The zero-order valence-electron chi connectivity index (χ0n) is 15.5. The maximum Gasteiger partial charge on any atom is 0.258 e. The fourth-order valence-electron chi connectivity index (χ4n) is 3.79. The summed E-state index contributed by atoms with van der Waals surface area (Å²) in [5.74, 6) is 0.564. The molecule has 2 aromatic carbocycles. The van der Waals surface area contributed by atoms with Gasteiger partial charge in [-0.05, 0) is 55.0 Å². The van der Waals surface area contributed by atoms with Gasteiger partial charge >= 0.3 is 0 Å². The average Bonchev–Trinajstić information content (AvgIpc) is 3.14. The molecule has 1 aliphatic rings. The summed E-state index contributed by atoms with van der Waals surface area (Å²) >= 11 is 0. The van der Waals surface area contributed by atoms with Gasteiger partial charge in [-0.1, -0.05) is 30.3 Å². The average molecular weight is 361 g/mol. The van der Waals surface area contributed by atoms with E-state index < -0.39 is 0 Å². The Kier molecular flexibility index (Phi) is 4.75. The highest BCUT2D eigenvalue weighted by Crippen LogP contribution is 2.23. The molecule has 1 aromatic heterocycles. The maximum atomic E-state index is 12.8. The molecular formula is C22H23N3O2. The number of carbonyl (C=O) groups excluding carboxylic acids is 1. The second kappa shape index (κ2) is 7.35. The largest absolute Gasteiger partial charge is 0.335 e. The number of aryl methyl sites for hydroxylation is 2. The van der Waals surface area contributed by atoms with E-state index in [1.54, 1.807) is 11.0 Å². The van der Waals surface area contributed by atoms with E-state index in [1.807, 2.05) is 25.1 Å². The molecule has 1 amide bonds.